The lowest BCUT2D eigenvalue weighted by atomic mass is 10.2. The second-order valence-corrected chi connectivity index (χ2v) is 4.49. The molecule has 0 aromatic carbocycles. The number of hydrogen-bond acceptors (Lipinski definition) is 3. The summed E-state index contributed by atoms with van der Waals surface area (Å²) in [6.45, 7) is 0.347. The van der Waals surface area contributed by atoms with Crippen LogP contribution in [-0.4, -0.2) is 22.8 Å². The summed E-state index contributed by atoms with van der Waals surface area (Å²) in [5.74, 6) is -1.10. The number of amides is 2. The molecule has 1 heterocycles. The Balaban J connectivity index is 1.75. The monoisotopic (exact) mass is 247 g/mol. The molecule has 2 rings (SSSR count). The number of nitrogens with one attached hydrogen (secondary N) is 2. The number of hydrogen-bond donors (Lipinski definition) is 2. The molecule has 1 aromatic heterocycles. The Morgan fingerprint density at radius 1 is 1.17 bits per heavy atom. The van der Waals surface area contributed by atoms with Crippen LogP contribution >= 0.6 is 0 Å². The van der Waals surface area contributed by atoms with Crippen LogP contribution in [0.4, 0.5) is 0 Å². The third-order valence-electron chi connectivity index (χ3n) is 3.10. The van der Waals surface area contributed by atoms with Crippen LogP contribution in [0.2, 0.25) is 0 Å². The summed E-state index contributed by atoms with van der Waals surface area (Å²) in [7, 11) is 0. The minimum atomic E-state index is -0.571. The van der Waals surface area contributed by atoms with Gasteiger partial charge in [0.05, 0.1) is 0 Å². The fraction of sp³-hybridized carbons (Fsp3) is 0.462. The molecule has 0 saturated heterocycles. The molecule has 1 fully saturated rings. The first kappa shape index (κ1) is 12.5. The zero-order valence-electron chi connectivity index (χ0n) is 10.2. The molecule has 18 heavy (non-hydrogen) atoms. The van der Waals surface area contributed by atoms with Crippen LogP contribution in [0.25, 0.3) is 0 Å². The molecule has 0 unspecified atom stereocenters. The first-order valence-corrected chi connectivity index (χ1v) is 6.23. The van der Waals surface area contributed by atoms with Gasteiger partial charge in [-0.25, -0.2) is 0 Å². The van der Waals surface area contributed by atoms with Crippen molar-refractivity contribution < 1.29 is 9.59 Å². The number of carbonyl (C=O) groups is 2. The van der Waals surface area contributed by atoms with Crippen molar-refractivity contribution in [3.63, 3.8) is 0 Å². The minimum absolute atomic E-state index is 0.171. The van der Waals surface area contributed by atoms with Gasteiger partial charge in [-0.2, -0.15) is 0 Å². The van der Waals surface area contributed by atoms with Gasteiger partial charge in [0.2, 0.25) is 0 Å². The number of pyridine rings is 1. The highest BCUT2D eigenvalue weighted by Gasteiger charge is 2.20. The topological polar surface area (TPSA) is 71.1 Å². The van der Waals surface area contributed by atoms with Gasteiger partial charge in [0.15, 0.2) is 0 Å². The van der Waals surface area contributed by atoms with E-state index in [0.29, 0.717) is 6.54 Å². The first-order valence-electron chi connectivity index (χ1n) is 6.23. The van der Waals surface area contributed by atoms with Gasteiger partial charge in [-0.15, -0.1) is 0 Å². The van der Waals surface area contributed by atoms with Gasteiger partial charge in [-0.3, -0.25) is 14.6 Å². The van der Waals surface area contributed by atoms with Crippen LogP contribution in [-0.2, 0) is 16.1 Å². The summed E-state index contributed by atoms with van der Waals surface area (Å²) in [6.07, 6.45) is 7.51. The second-order valence-electron chi connectivity index (χ2n) is 4.49. The van der Waals surface area contributed by atoms with Crippen LogP contribution in [0, 0.1) is 0 Å². The molecule has 5 nitrogen and oxygen atoms in total. The summed E-state index contributed by atoms with van der Waals surface area (Å²) in [6, 6.07) is 3.77. The predicted molar refractivity (Wildman–Crippen MR) is 66.5 cm³/mol. The van der Waals surface area contributed by atoms with Crippen LogP contribution in [0.3, 0.4) is 0 Å². The lowest BCUT2D eigenvalue weighted by molar-refractivity contribution is -0.139. The van der Waals surface area contributed by atoms with Crippen LogP contribution in [0.1, 0.15) is 31.2 Å². The normalized spacial score (nSPS) is 15.3. The smallest absolute Gasteiger partial charge is 0.309 e. The van der Waals surface area contributed by atoms with E-state index < -0.39 is 11.8 Å². The molecule has 0 bridgehead atoms. The molecule has 1 aliphatic carbocycles. The molecule has 1 aromatic rings. The van der Waals surface area contributed by atoms with Crippen molar-refractivity contribution in [3.05, 3.63) is 30.1 Å². The Morgan fingerprint density at radius 3 is 2.50 bits per heavy atom. The SMILES string of the molecule is O=C(NCc1ccncc1)C(=O)NC1CCCC1. The first-order chi connectivity index (χ1) is 8.75. The highest BCUT2D eigenvalue weighted by molar-refractivity contribution is 6.35. The Labute approximate surface area is 106 Å². The van der Waals surface area contributed by atoms with Gasteiger partial charge in [-0.05, 0) is 30.5 Å². The summed E-state index contributed by atoms with van der Waals surface area (Å²) in [4.78, 5) is 27.0. The van der Waals surface area contributed by atoms with Crippen molar-refractivity contribution >= 4 is 11.8 Å². The molecule has 2 N–H and O–H groups in total. The zero-order valence-corrected chi connectivity index (χ0v) is 10.2. The van der Waals surface area contributed by atoms with Crippen molar-refractivity contribution in [3.8, 4) is 0 Å². The summed E-state index contributed by atoms with van der Waals surface area (Å²) in [5, 5.41) is 5.35. The van der Waals surface area contributed by atoms with E-state index >= 15 is 0 Å². The highest BCUT2D eigenvalue weighted by atomic mass is 16.2. The van der Waals surface area contributed by atoms with Crippen molar-refractivity contribution in [2.45, 2.75) is 38.3 Å². The summed E-state index contributed by atoms with van der Waals surface area (Å²) < 4.78 is 0. The van der Waals surface area contributed by atoms with Crippen LogP contribution in [0.5, 0.6) is 0 Å². The molecular weight excluding hydrogens is 230 g/mol. The van der Waals surface area contributed by atoms with Gasteiger partial charge in [0.1, 0.15) is 0 Å². The van der Waals surface area contributed by atoms with E-state index in [1.807, 2.05) is 0 Å². The molecule has 0 aliphatic heterocycles. The fourth-order valence-electron chi connectivity index (χ4n) is 2.08. The van der Waals surface area contributed by atoms with Gasteiger partial charge in [0, 0.05) is 25.0 Å². The number of carbonyl (C=O) groups excluding carboxylic acids is 2. The second kappa shape index (κ2) is 6.14. The third-order valence-corrected chi connectivity index (χ3v) is 3.10. The van der Waals surface area contributed by atoms with Gasteiger partial charge >= 0.3 is 11.8 Å². The van der Waals surface area contributed by atoms with Crippen LogP contribution in [0.15, 0.2) is 24.5 Å². The minimum Gasteiger partial charge on any atom is -0.345 e. The maximum absolute atomic E-state index is 11.6. The quantitative estimate of drug-likeness (QED) is 0.774. The zero-order chi connectivity index (χ0) is 12.8. The van der Waals surface area contributed by atoms with Crippen molar-refractivity contribution in [2.75, 3.05) is 0 Å². The molecule has 0 spiro atoms. The average molecular weight is 247 g/mol. The van der Waals surface area contributed by atoms with E-state index in [0.717, 1.165) is 31.2 Å². The Bertz CT molecular complexity index is 414. The summed E-state index contributed by atoms with van der Waals surface area (Å²) in [5.41, 5.74) is 0.923. The fourth-order valence-corrected chi connectivity index (χ4v) is 2.08. The lowest BCUT2D eigenvalue weighted by Gasteiger charge is -2.11. The Kier molecular flexibility index (Phi) is 4.28. The Hall–Kier alpha value is -1.91. The van der Waals surface area contributed by atoms with E-state index in [2.05, 4.69) is 15.6 Å². The van der Waals surface area contributed by atoms with Crippen molar-refractivity contribution in [2.24, 2.45) is 0 Å². The van der Waals surface area contributed by atoms with Crippen molar-refractivity contribution in [1.29, 1.82) is 0 Å². The molecule has 0 atom stereocenters. The molecule has 0 radical (unpaired) electrons. The van der Waals surface area contributed by atoms with Gasteiger partial charge in [0.25, 0.3) is 0 Å². The van der Waals surface area contributed by atoms with Gasteiger partial charge < -0.3 is 10.6 Å². The van der Waals surface area contributed by atoms with E-state index in [1.165, 1.54) is 0 Å². The largest absolute Gasteiger partial charge is 0.345 e. The standard InChI is InChI=1S/C13H17N3O2/c17-12(13(18)16-11-3-1-2-4-11)15-9-10-5-7-14-8-6-10/h5-8,11H,1-4,9H2,(H,15,17)(H,16,18). The maximum atomic E-state index is 11.6. The Morgan fingerprint density at radius 2 is 1.83 bits per heavy atom. The van der Waals surface area contributed by atoms with E-state index in [1.54, 1.807) is 24.5 Å². The highest BCUT2D eigenvalue weighted by Crippen LogP contribution is 2.17. The van der Waals surface area contributed by atoms with Crippen LogP contribution < -0.4 is 10.6 Å². The van der Waals surface area contributed by atoms with E-state index in [-0.39, 0.29) is 6.04 Å². The molecule has 2 amide bonds. The van der Waals surface area contributed by atoms with E-state index in [9.17, 15) is 9.59 Å². The number of aromatic nitrogens is 1. The molecule has 96 valence electrons. The molecule has 1 saturated carbocycles. The molecular formula is C13H17N3O2. The summed E-state index contributed by atoms with van der Waals surface area (Å²) >= 11 is 0. The van der Waals surface area contributed by atoms with E-state index in [4.69, 9.17) is 0 Å². The van der Waals surface area contributed by atoms with Crippen molar-refractivity contribution in [1.82, 2.24) is 15.6 Å². The molecule has 5 heteroatoms. The average Bonchev–Trinajstić information content (AvgIpc) is 2.90. The predicted octanol–water partition coefficient (Wildman–Crippen LogP) is 0.757. The molecule has 1 aliphatic rings. The third kappa shape index (κ3) is 3.55. The maximum Gasteiger partial charge on any atom is 0.309 e. The number of nitrogens with zero attached hydrogens (tertiary/aromatic N) is 1. The lowest BCUT2D eigenvalue weighted by Crippen LogP contribution is -2.43. The number of rotatable bonds is 3. The van der Waals surface area contributed by atoms with Gasteiger partial charge in [-0.1, -0.05) is 12.8 Å².